The summed E-state index contributed by atoms with van der Waals surface area (Å²) in [5, 5.41) is 9.40. The van der Waals surface area contributed by atoms with E-state index in [1.54, 1.807) is 0 Å². The highest BCUT2D eigenvalue weighted by atomic mass is 16.5. The van der Waals surface area contributed by atoms with Gasteiger partial charge in [-0.3, -0.25) is 9.69 Å². The van der Waals surface area contributed by atoms with Crippen LogP contribution in [-0.4, -0.2) is 53.7 Å². The van der Waals surface area contributed by atoms with E-state index in [9.17, 15) is 9.90 Å². The fourth-order valence-electron chi connectivity index (χ4n) is 3.89. The molecule has 0 amide bonds. The van der Waals surface area contributed by atoms with Crippen molar-refractivity contribution in [2.75, 3.05) is 26.2 Å². The maximum Gasteiger partial charge on any atom is 0.137 e. The van der Waals surface area contributed by atoms with Crippen molar-refractivity contribution in [1.29, 1.82) is 0 Å². The molecule has 0 spiro atoms. The second kappa shape index (κ2) is 6.76. The molecule has 21 heavy (non-hydrogen) atoms. The number of carbonyl (C=O) groups is 1. The summed E-state index contributed by atoms with van der Waals surface area (Å²) in [5.74, 6) is 1.93. The second-order valence-corrected chi connectivity index (χ2v) is 7.82. The molecule has 1 heterocycles. The van der Waals surface area contributed by atoms with Gasteiger partial charge in [-0.2, -0.15) is 0 Å². The lowest BCUT2D eigenvalue weighted by molar-refractivity contribution is -0.154. The normalized spacial score (nSPS) is 34.4. The summed E-state index contributed by atoms with van der Waals surface area (Å²) in [4.78, 5) is 14.6. The summed E-state index contributed by atoms with van der Waals surface area (Å²) in [5.41, 5.74) is -0.249. The number of rotatable bonds is 4. The number of hydrogen-bond donors (Lipinski definition) is 1. The lowest BCUT2D eigenvalue weighted by Crippen LogP contribution is -2.55. The number of nitrogens with zero attached hydrogens (tertiary/aromatic N) is 1. The highest BCUT2D eigenvalue weighted by Crippen LogP contribution is 2.33. The highest BCUT2D eigenvalue weighted by molar-refractivity contribution is 5.82. The molecule has 2 aliphatic rings. The minimum absolute atomic E-state index is 0.0488. The lowest BCUT2D eigenvalue weighted by atomic mass is 9.75. The van der Waals surface area contributed by atoms with E-state index in [4.69, 9.17) is 4.74 Å². The topological polar surface area (TPSA) is 49.8 Å². The first-order valence-electron chi connectivity index (χ1n) is 8.34. The predicted octanol–water partition coefficient (Wildman–Crippen LogP) is 2.10. The van der Waals surface area contributed by atoms with Crippen LogP contribution < -0.4 is 0 Å². The van der Waals surface area contributed by atoms with Crippen molar-refractivity contribution in [1.82, 2.24) is 4.90 Å². The van der Waals surface area contributed by atoms with E-state index in [0.717, 1.165) is 38.9 Å². The van der Waals surface area contributed by atoms with Crippen LogP contribution in [0, 0.1) is 17.8 Å². The molecular weight excluding hydrogens is 266 g/mol. The van der Waals surface area contributed by atoms with Gasteiger partial charge >= 0.3 is 0 Å². The Labute approximate surface area is 128 Å². The molecule has 4 nitrogen and oxygen atoms in total. The summed E-state index contributed by atoms with van der Waals surface area (Å²) in [6, 6.07) is 0. The zero-order valence-electron chi connectivity index (χ0n) is 14.0. The van der Waals surface area contributed by atoms with Crippen LogP contribution in [0.25, 0.3) is 0 Å². The predicted molar refractivity (Wildman–Crippen MR) is 83.2 cm³/mol. The Morgan fingerprint density at radius 1 is 1.43 bits per heavy atom. The first-order valence-corrected chi connectivity index (χ1v) is 8.34. The average molecular weight is 297 g/mol. The van der Waals surface area contributed by atoms with Gasteiger partial charge in [-0.25, -0.2) is 0 Å². The lowest BCUT2D eigenvalue weighted by Gasteiger charge is -2.44. The van der Waals surface area contributed by atoms with Gasteiger partial charge in [-0.1, -0.05) is 13.8 Å². The first-order chi connectivity index (χ1) is 9.80. The van der Waals surface area contributed by atoms with Gasteiger partial charge in [0.25, 0.3) is 0 Å². The van der Waals surface area contributed by atoms with Crippen molar-refractivity contribution in [3.8, 4) is 0 Å². The molecule has 1 N–H and O–H groups in total. The monoisotopic (exact) mass is 297 g/mol. The number of aliphatic hydroxyl groups excluding tert-OH is 1. The van der Waals surface area contributed by atoms with Crippen molar-refractivity contribution in [2.24, 2.45) is 17.8 Å². The van der Waals surface area contributed by atoms with Crippen LogP contribution in [0.5, 0.6) is 0 Å². The van der Waals surface area contributed by atoms with Crippen LogP contribution in [0.15, 0.2) is 0 Å². The molecule has 3 atom stereocenters. The van der Waals surface area contributed by atoms with Crippen LogP contribution in [0.3, 0.4) is 0 Å². The molecule has 1 aliphatic carbocycles. The van der Waals surface area contributed by atoms with Crippen molar-refractivity contribution in [2.45, 2.75) is 58.7 Å². The third-order valence-corrected chi connectivity index (χ3v) is 4.98. The number of Topliss-reactive ketones (excluding diaryl/α,β-unsaturated/α-hetero) is 1. The fourth-order valence-corrected chi connectivity index (χ4v) is 3.89. The Morgan fingerprint density at radius 3 is 2.76 bits per heavy atom. The molecule has 0 bridgehead atoms. The van der Waals surface area contributed by atoms with E-state index in [1.807, 2.05) is 0 Å². The Kier molecular flexibility index (Phi) is 5.44. The number of ketones is 1. The van der Waals surface area contributed by atoms with Gasteiger partial charge in [-0.15, -0.1) is 0 Å². The number of morpholine rings is 1. The molecule has 1 aliphatic heterocycles. The Morgan fingerprint density at radius 2 is 2.14 bits per heavy atom. The molecule has 2 fully saturated rings. The van der Waals surface area contributed by atoms with Gasteiger partial charge in [0.2, 0.25) is 0 Å². The van der Waals surface area contributed by atoms with E-state index in [0.29, 0.717) is 17.6 Å². The molecule has 0 aromatic carbocycles. The van der Waals surface area contributed by atoms with Crippen molar-refractivity contribution < 1.29 is 14.6 Å². The third kappa shape index (κ3) is 4.51. The smallest absolute Gasteiger partial charge is 0.137 e. The fraction of sp³-hybridized carbons (Fsp3) is 0.941. The Hall–Kier alpha value is -0.450. The molecular formula is C17H31NO3. The number of hydrogen-bond acceptors (Lipinski definition) is 4. The number of ether oxygens (including phenoxy) is 1. The molecule has 1 saturated carbocycles. The van der Waals surface area contributed by atoms with Gasteiger partial charge in [0.1, 0.15) is 5.78 Å². The maximum atomic E-state index is 12.2. The number of aliphatic hydroxyl groups is 1. The summed E-state index contributed by atoms with van der Waals surface area (Å²) in [6.45, 7) is 11.1. The van der Waals surface area contributed by atoms with E-state index >= 15 is 0 Å². The maximum absolute atomic E-state index is 12.2. The van der Waals surface area contributed by atoms with E-state index in [2.05, 4.69) is 32.6 Å². The summed E-state index contributed by atoms with van der Waals surface area (Å²) >= 11 is 0. The molecule has 3 unspecified atom stereocenters. The first kappa shape index (κ1) is 16.9. The number of carbonyl (C=O) groups excluding carboxylic acids is 1. The molecule has 0 radical (unpaired) electrons. The Bertz CT molecular complexity index is 367. The quantitative estimate of drug-likeness (QED) is 0.863. The van der Waals surface area contributed by atoms with Gasteiger partial charge < -0.3 is 9.84 Å². The van der Waals surface area contributed by atoms with E-state index < -0.39 is 0 Å². The summed E-state index contributed by atoms with van der Waals surface area (Å²) in [7, 11) is 0. The molecule has 0 aromatic heterocycles. The molecule has 1 saturated heterocycles. The van der Waals surface area contributed by atoms with Crippen LogP contribution in [0.2, 0.25) is 0 Å². The largest absolute Gasteiger partial charge is 0.394 e. The van der Waals surface area contributed by atoms with Gasteiger partial charge in [0.15, 0.2) is 0 Å². The highest BCUT2D eigenvalue weighted by Gasteiger charge is 2.37. The van der Waals surface area contributed by atoms with Crippen LogP contribution in [-0.2, 0) is 9.53 Å². The molecule has 122 valence electrons. The van der Waals surface area contributed by atoms with Gasteiger partial charge in [-0.05, 0) is 38.5 Å². The van der Waals surface area contributed by atoms with Crippen molar-refractivity contribution in [3.05, 3.63) is 0 Å². The minimum atomic E-state index is -0.249. The summed E-state index contributed by atoms with van der Waals surface area (Å²) in [6.07, 6.45) is 2.69. The Balaban J connectivity index is 1.97. The van der Waals surface area contributed by atoms with Crippen molar-refractivity contribution >= 4 is 5.78 Å². The minimum Gasteiger partial charge on any atom is -0.394 e. The molecule has 0 aromatic rings. The van der Waals surface area contributed by atoms with E-state index in [1.165, 1.54) is 0 Å². The average Bonchev–Trinajstić information content (AvgIpc) is 2.39. The zero-order chi connectivity index (χ0) is 15.6. The molecule has 2 rings (SSSR count). The van der Waals surface area contributed by atoms with Crippen LogP contribution >= 0.6 is 0 Å². The zero-order valence-corrected chi connectivity index (χ0v) is 14.0. The molecule has 4 heteroatoms. The standard InChI is InChI=1S/C17H31NO3/c1-12(2)13-5-6-16(20)14(7-13)8-18-9-15(10-19)21-17(3,4)11-18/h12-15,19H,5-11H2,1-4H3. The van der Waals surface area contributed by atoms with Crippen molar-refractivity contribution in [3.63, 3.8) is 0 Å². The summed E-state index contributed by atoms with van der Waals surface area (Å²) < 4.78 is 5.85. The van der Waals surface area contributed by atoms with Gasteiger partial charge in [0.05, 0.1) is 18.3 Å². The van der Waals surface area contributed by atoms with E-state index in [-0.39, 0.29) is 24.2 Å². The second-order valence-electron chi connectivity index (χ2n) is 7.82. The van der Waals surface area contributed by atoms with Crippen LogP contribution in [0.4, 0.5) is 0 Å². The third-order valence-electron chi connectivity index (χ3n) is 4.98. The van der Waals surface area contributed by atoms with Crippen LogP contribution in [0.1, 0.15) is 47.0 Å². The SMILES string of the molecule is CC(C)C1CCC(=O)C(CN2CC(CO)OC(C)(C)C2)C1. The van der Waals surface area contributed by atoms with Gasteiger partial charge in [0, 0.05) is 32.0 Å².